The van der Waals surface area contributed by atoms with Crippen molar-refractivity contribution in [1.82, 2.24) is 4.90 Å². The number of alkyl halides is 3. The van der Waals surface area contributed by atoms with Gasteiger partial charge in [-0.3, -0.25) is 4.79 Å². The zero-order valence-electron chi connectivity index (χ0n) is 8.26. The Kier molecular flexibility index (Phi) is 3.47. The zero-order valence-corrected chi connectivity index (χ0v) is 8.26. The smallest absolute Gasteiger partial charge is 0.471 e. The van der Waals surface area contributed by atoms with E-state index in [1.807, 2.05) is 0 Å². The standard InChI is InChI=1S/C7H7F3N4O3/c8-7(9,10)6(17)14-2-3(12-13-11)1-4(14)5(15)16/h3-4H,1-2H2,(H,15,16)/t3-,4-/m0/s1. The molecule has 0 aromatic rings. The summed E-state index contributed by atoms with van der Waals surface area (Å²) in [6.45, 7) is -0.542. The summed E-state index contributed by atoms with van der Waals surface area (Å²) in [5, 5.41) is 11.8. The number of azide groups is 1. The van der Waals surface area contributed by atoms with Crippen molar-refractivity contribution >= 4 is 11.9 Å². The minimum absolute atomic E-state index is 0.168. The molecule has 0 radical (unpaired) electrons. The van der Waals surface area contributed by atoms with Crippen molar-refractivity contribution in [2.75, 3.05) is 6.54 Å². The summed E-state index contributed by atoms with van der Waals surface area (Å²) < 4.78 is 36.5. The first-order chi connectivity index (χ1) is 7.77. The summed E-state index contributed by atoms with van der Waals surface area (Å²) >= 11 is 0. The second-order valence-electron chi connectivity index (χ2n) is 3.40. The van der Waals surface area contributed by atoms with Crippen LogP contribution in [0.3, 0.4) is 0 Å². The van der Waals surface area contributed by atoms with Crippen LogP contribution in [0.25, 0.3) is 10.4 Å². The van der Waals surface area contributed by atoms with E-state index in [1.165, 1.54) is 0 Å². The number of nitrogens with zero attached hydrogens (tertiary/aromatic N) is 4. The Labute approximate surface area is 92.4 Å². The number of carboxylic acids is 1. The van der Waals surface area contributed by atoms with Crippen LogP contribution in [0.4, 0.5) is 13.2 Å². The summed E-state index contributed by atoms with van der Waals surface area (Å²) in [6, 6.07) is -2.56. The molecule has 1 amide bonds. The van der Waals surface area contributed by atoms with Gasteiger partial charge in [-0.2, -0.15) is 13.2 Å². The van der Waals surface area contributed by atoms with Crippen LogP contribution in [0.1, 0.15) is 6.42 Å². The summed E-state index contributed by atoms with van der Waals surface area (Å²) in [5.74, 6) is -3.79. The molecular formula is C7H7F3N4O3. The van der Waals surface area contributed by atoms with Crippen LogP contribution < -0.4 is 0 Å². The average molecular weight is 252 g/mol. The molecule has 0 aromatic heterocycles. The normalized spacial score (nSPS) is 24.3. The largest absolute Gasteiger partial charge is 0.480 e. The van der Waals surface area contributed by atoms with Gasteiger partial charge in [-0.1, -0.05) is 5.11 Å². The van der Waals surface area contributed by atoms with E-state index in [0.29, 0.717) is 0 Å². The lowest BCUT2D eigenvalue weighted by molar-refractivity contribution is -0.188. The number of carbonyl (C=O) groups excluding carboxylic acids is 1. The number of aliphatic carboxylic acids is 1. The molecule has 1 N–H and O–H groups in total. The van der Waals surface area contributed by atoms with Crippen molar-refractivity contribution in [2.45, 2.75) is 24.7 Å². The fourth-order valence-electron chi connectivity index (χ4n) is 1.59. The molecule has 94 valence electrons. The molecule has 7 nitrogen and oxygen atoms in total. The highest BCUT2D eigenvalue weighted by Crippen LogP contribution is 2.27. The Morgan fingerprint density at radius 3 is 2.47 bits per heavy atom. The number of carbonyl (C=O) groups is 2. The number of halogens is 3. The van der Waals surface area contributed by atoms with Crippen molar-refractivity contribution in [1.29, 1.82) is 0 Å². The summed E-state index contributed by atoms with van der Waals surface area (Å²) in [5.41, 5.74) is 8.12. The maximum Gasteiger partial charge on any atom is 0.471 e. The van der Waals surface area contributed by atoms with Crippen molar-refractivity contribution in [3.63, 3.8) is 0 Å². The van der Waals surface area contributed by atoms with Crippen molar-refractivity contribution in [3.8, 4) is 0 Å². The minimum Gasteiger partial charge on any atom is -0.480 e. The van der Waals surface area contributed by atoms with Crippen LogP contribution in [0, 0.1) is 0 Å². The first-order valence-electron chi connectivity index (χ1n) is 4.42. The third-order valence-electron chi connectivity index (χ3n) is 2.28. The van der Waals surface area contributed by atoms with Gasteiger partial charge < -0.3 is 10.0 Å². The first-order valence-corrected chi connectivity index (χ1v) is 4.42. The third kappa shape index (κ3) is 2.78. The van der Waals surface area contributed by atoms with Gasteiger partial charge in [0.25, 0.3) is 0 Å². The van der Waals surface area contributed by atoms with Gasteiger partial charge in [0, 0.05) is 11.5 Å². The molecule has 10 heteroatoms. The molecule has 0 unspecified atom stereocenters. The van der Waals surface area contributed by atoms with E-state index in [2.05, 4.69) is 10.0 Å². The highest BCUT2D eigenvalue weighted by atomic mass is 19.4. The molecule has 1 saturated heterocycles. The number of carboxylic acid groups (broad SMARTS) is 1. The maximum atomic E-state index is 12.2. The zero-order chi connectivity index (χ0) is 13.2. The molecule has 0 spiro atoms. The van der Waals surface area contributed by atoms with Gasteiger partial charge in [-0.05, 0) is 12.0 Å². The maximum absolute atomic E-state index is 12.2. The van der Waals surface area contributed by atoms with E-state index in [0.717, 1.165) is 0 Å². The Balaban J connectivity index is 2.93. The van der Waals surface area contributed by atoms with Crippen LogP contribution in [0.2, 0.25) is 0 Å². The highest BCUT2D eigenvalue weighted by molar-refractivity contribution is 5.87. The topological polar surface area (TPSA) is 106 Å². The van der Waals surface area contributed by atoms with Crippen LogP contribution in [0.15, 0.2) is 5.11 Å². The number of rotatable bonds is 2. The molecular weight excluding hydrogens is 245 g/mol. The molecule has 17 heavy (non-hydrogen) atoms. The summed E-state index contributed by atoms with van der Waals surface area (Å²) in [7, 11) is 0. The summed E-state index contributed by atoms with van der Waals surface area (Å²) in [6.07, 6.45) is -5.46. The third-order valence-corrected chi connectivity index (χ3v) is 2.28. The van der Waals surface area contributed by atoms with Crippen molar-refractivity contribution in [2.24, 2.45) is 5.11 Å². The van der Waals surface area contributed by atoms with Gasteiger partial charge in [-0.25, -0.2) is 4.79 Å². The van der Waals surface area contributed by atoms with Crippen LogP contribution >= 0.6 is 0 Å². The predicted octanol–water partition coefficient (Wildman–Crippen LogP) is 0.913. The Morgan fingerprint density at radius 2 is 2.06 bits per heavy atom. The van der Waals surface area contributed by atoms with E-state index in [-0.39, 0.29) is 11.3 Å². The van der Waals surface area contributed by atoms with Crippen LogP contribution in [-0.2, 0) is 9.59 Å². The quantitative estimate of drug-likeness (QED) is 0.448. The molecule has 2 atom stereocenters. The lowest BCUT2D eigenvalue weighted by atomic mass is 10.2. The molecule has 0 bridgehead atoms. The predicted molar refractivity (Wildman–Crippen MR) is 46.7 cm³/mol. The molecule has 1 rings (SSSR count). The summed E-state index contributed by atoms with van der Waals surface area (Å²) in [4.78, 5) is 24.2. The molecule has 0 aromatic carbocycles. The van der Waals surface area contributed by atoms with Gasteiger partial charge in [0.2, 0.25) is 0 Å². The second-order valence-corrected chi connectivity index (χ2v) is 3.40. The minimum atomic E-state index is -5.14. The van der Waals surface area contributed by atoms with Gasteiger partial charge in [-0.15, -0.1) is 0 Å². The number of hydrogen-bond donors (Lipinski definition) is 1. The lowest BCUT2D eigenvalue weighted by Crippen LogP contribution is -2.47. The van der Waals surface area contributed by atoms with Crippen LogP contribution in [-0.4, -0.2) is 46.7 Å². The van der Waals surface area contributed by atoms with E-state index in [9.17, 15) is 22.8 Å². The fraction of sp³-hybridized carbons (Fsp3) is 0.714. The van der Waals surface area contributed by atoms with Gasteiger partial charge in [0.1, 0.15) is 6.04 Å². The van der Waals surface area contributed by atoms with E-state index >= 15 is 0 Å². The Bertz CT molecular complexity index is 390. The molecule has 0 aliphatic carbocycles. The fourth-order valence-corrected chi connectivity index (χ4v) is 1.59. The number of amides is 1. The van der Waals surface area contributed by atoms with Crippen molar-refractivity contribution < 1.29 is 27.9 Å². The molecule has 1 heterocycles. The molecule has 0 saturated carbocycles. The number of likely N-dealkylation sites (tertiary alicyclic amines) is 1. The number of hydrogen-bond acceptors (Lipinski definition) is 3. The lowest BCUT2D eigenvalue weighted by Gasteiger charge is -2.22. The van der Waals surface area contributed by atoms with E-state index in [1.54, 1.807) is 0 Å². The Morgan fingerprint density at radius 1 is 1.47 bits per heavy atom. The van der Waals surface area contributed by atoms with Gasteiger partial charge in [0.05, 0.1) is 6.04 Å². The molecule has 1 aliphatic heterocycles. The van der Waals surface area contributed by atoms with Crippen LogP contribution in [0.5, 0.6) is 0 Å². The monoisotopic (exact) mass is 252 g/mol. The van der Waals surface area contributed by atoms with E-state index < -0.39 is 36.7 Å². The molecule has 1 aliphatic rings. The van der Waals surface area contributed by atoms with Gasteiger partial charge >= 0.3 is 18.1 Å². The average Bonchev–Trinajstić information content (AvgIpc) is 2.59. The SMILES string of the molecule is [N-]=[N+]=N[C@H]1C[C@@H](C(=O)O)N(C(=O)C(F)(F)F)C1. The Hall–Kier alpha value is -1.96. The molecule has 1 fully saturated rings. The van der Waals surface area contributed by atoms with Crippen molar-refractivity contribution in [3.05, 3.63) is 10.4 Å². The van der Waals surface area contributed by atoms with Gasteiger partial charge in [0.15, 0.2) is 0 Å². The first kappa shape index (κ1) is 13.1. The second kappa shape index (κ2) is 4.50. The van der Waals surface area contributed by atoms with E-state index in [4.69, 9.17) is 10.6 Å². The highest BCUT2D eigenvalue weighted by Gasteiger charge is 2.49.